The standard InChI is InChI=1S/C54H84O6/c1-4-7-10-13-16-19-22-24-25-26-27-28-29-31-32-35-38-41-44-47-53(56)59-50-51(49-58-52(55)46-43-40-37-34-21-18-15-12-9-6-3)60-54(57)48-45-42-39-36-33-30-23-20-17-14-11-8-5-2/h7-8,10-11,14-20,23-25,27-28,31-32,38,41,51H,4-6,9,12-13,21-22,26,29-30,33-37,39-40,42-50H2,1-3H3/b10-7-,11-8-,17-14-,18-15-,19-16-,23-20-,25-24-,28-27-,32-31-,41-38-. The molecule has 0 aromatic heterocycles. The van der Waals surface area contributed by atoms with E-state index in [2.05, 4.69) is 124 Å². The number of hydrogen-bond donors (Lipinski definition) is 0. The molecule has 0 heterocycles. The lowest BCUT2D eigenvalue weighted by Gasteiger charge is -2.18. The Morgan fingerprint density at radius 2 is 0.767 bits per heavy atom. The van der Waals surface area contributed by atoms with Gasteiger partial charge in [-0.2, -0.15) is 0 Å². The number of unbranched alkanes of at least 4 members (excludes halogenated alkanes) is 11. The van der Waals surface area contributed by atoms with Crippen molar-refractivity contribution < 1.29 is 28.6 Å². The largest absolute Gasteiger partial charge is 0.462 e. The van der Waals surface area contributed by atoms with E-state index < -0.39 is 6.10 Å². The third kappa shape index (κ3) is 44.9. The van der Waals surface area contributed by atoms with Crippen molar-refractivity contribution in [1.82, 2.24) is 0 Å². The monoisotopic (exact) mass is 829 g/mol. The Kier molecular flexibility index (Phi) is 44.2. The number of rotatable bonds is 40. The van der Waals surface area contributed by atoms with Crippen LogP contribution in [0.3, 0.4) is 0 Å². The molecule has 1 atom stereocenters. The van der Waals surface area contributed by atoms with E-state index >= 15 is 0 Å². The van der Waals surface area contributed by atoms with Gasteiger partial charge in [-0.1, -0.05) is 187 Å². The van der Waals surface area contributed by atoms with E-state index in [9.17, 15) is 14.4 Å². The van der Waals surface area contributed by atoms with Crippen molar-refractivity contribution in [3.63, 3.8) is 0 Å². The number of allylic oxidation sites excluding steroid dienone is 20. The molecule has 0 aliphatic rings. The molecule has 0 N–H and O–H groups in total. The zero-order valence-electron chi connectivity index (χ0n) is 38.2. The van der Waals surface area contributed by atoms with Crippen molar-refractivity contribution in [3.8, 4) is 0 Å². The predicted octanol–water partition coefficient (Wildman–Crippen LogP) is 15.4. The van der Waals surface area contributed by atoms with Gasteiger partial charge in [0.05, 0.1) is 0 Å². The second-order valence-electron chi connectivity index (χ2n) is 15.0. The lowest BCUT2D eigenvalue weighted by Crippen LogP contribution is -2.30. The van der Waals surface area contributed by atoms with Crippen LogP contribution in [0, 0.1) is 0 Å². The van der Waals surface area contributed by atoms with Gasteiger partial charge in [-0.3, -0.25) is 14.4 Å². The van der Waals surface area contributed by atoms with Gasteiger partial charge in [0.15, 0.2) is 6.10 Å². The van der Waals surface area contributed by atoms with Gasteiger partial charge in [-0.15, -0.1) is 0 Å². The Hall–Kier alpha value is -4.19. The average Bonchev–Trinajstić information content (AvgIpc) is 3.24. The Bertz CT molecular complexity index is 1320. The molecule has 0 aromatic rings. The number of carbonyl (C=O) groups excluding carboxylic acids is 3. The van der Waals surface area contributed by atoms with Gasteiger partial charge in [0.1, 0.15) is 13.2 Å². The number of esters is 3. The highest BCUT2D eigenvalue weighted by molar-refractivity contribution is 5.71. The summed E-state index contributed by atoms with van der Waals surface area (Å²) in [5.41, 5.74) is 0. The second-order valence-corrected chi connectivity index (χ2v) is 15.0. The van der Waals surface area contributed by atoms with Gasteiger partial charge < -0.3 is 14.2 Å². The molecule has 0 radical (unpaired) electrons. The van der Waals surface area contributed by atoms with Crippen LogP contribution >= 0.6 is 0 Å². The van der Waals surface area contributed by atoms with Crippen LogP contribution in [0.2, 0.25) is 0 Å². The molecule has 60 heavy (non-hydrogen) atoms. The Balaban J connectivity index is 4.54. The van der Waals surface area contributed by atoms with Gasteiger partial charge in [0.25, 0.3) is 0 Å². The van der Waals surface area contributed by atoms with Gasteiger partial charge in [0, 0.05) is 19.3 Å². The van der Waals surface area contributed by atoms with Crippen LogP contribution in [0.1, 0.15) is 181 Å². The first kappa shape index (κ1) is 55.8. The summed E-state index contributed by atoms with van der Waals surface area (Å²) in [7, 11) is 0. The normalized spacial score (nSPS) is 13.2. The fraction of sp³-hybridized carbons (Fsp3) is 0.574. The zero-order valence-corrected chi connectivity index (χ0v) is 38.2. The summed E-state index contributed by atoms with van der Waals surface area (Å²) in [5, 5.41) is 0. The van der Waals surface area contributed by atoms with E-state index in [-0.39, 0.29) is 44.0 Å². The van der Waals surface area contributed by atoms with E-state index in [1.165, 1.54) is 12.8 Å². The maximum atomic E-state index is 12.7. The smallest absolute Gasteiger partial charge is 0.306 e. The van der Waals surface area contributed by atoms with Crippen LogP contribution in [0.4, 0.5) is 0 Å². The summed E-state index contributed by atoms with van der Waals surface area (Å²) in [4.78, 5) is 37.7. The van der Waals surface area contributed by atoms with Crippen LogP contribution in [0.15, 0.2) is 122 Å². The highest BCUT2D eigenvalue weighted by Crippen LogP contribution is 2.11. The quantitative estimate of drug-likeness (QED) is 0.0201. The van der Waals surface area contributed by atoms with Crippen LogP contribution in [-0.4, -0.2) is 37.2 Å². The van der Waals surface area contributed by atoms with Crippen molar-refractivity contribution in [3.05, 3.63) is 122 Å². The van der Waals surface area contributed by atoms with E-state index in [1.807, 2.05) is 18.2 Å². The van der Waals surface area contributed by atoms with Crippen molar-refractivity contribution in [2.24, 2.45) is 0 Å². The molecule has 0 bridgehead atoms. The van der Waals surface area contributed by atoms with Gasteiger partial charge in [0.2, 0.25) is 0 Å². The SMILES string of the molecule is CC\C=C/C=C\C=C/CCCCCCCC(=O)OC(COC(=O)CC/C=C\C/C=C\C/C=C\C/C=C\C/C=C\C/C=C\CC)COC(=O)CCCCCC/C=C\CCCC. The zero-order chi connectivity index (χ0) is 43.7. The van der Waals surface area contributed by atoms with Crippen molar-refractivity contribution >= 4 is 17.9 Å². The van der Waals surface area contributed by atoms with Crippen molar-refractivity contribution in [2.75, 3.05) is 13.2 Å². The number of carbonyl (C=O) groups is 3. The molecule has 0 aliphatic heterocycles. The second kappa shape index (κ2) is 47.5. The molecule has 0 saturated heterocycles. The number of ether oxygens (including phenoxy) is 3. The molecule has 1 unspecified atom stereocenters. The molecule has 6 nitrogen and oxygen atoms in total. The summed E-state index contributed by atoms with van der Waals surface area (Å²) >= 11 is 0. The first-order valence-corrected chi connectivity index (χ1v) is 23.6. The van der Waals surface area contributed by atoms with Gasteiger partial charge in [-0.25, -0.2) is 0 Å². The molecular weight excluding hydrogens is 745 g/mol. The molecule has 0 aromatic carbocycles. The Labute approximate surface area is 367 Å². The first-order valence-electron chi connectivity index (χ1n) is 23.6. The average molecular weight is 829 g/mol. The van der Waals surface area contributed by atoms with Crippen molar-refractivity contribution in [2.45, 2.75) is 187 Å². The van der Waals surface area contributed by atoms with E-state index in [0.717, 1.165) is 122 Å². The molecule has 0 spiro atoms. The molecular formula is C54H84O6. The maximum Gasteiger partial charge on any atom is 0.306 e. The highest BCUT2D eigenvalue weighted by atomic mass is 16.6. The van der Waals surface area contributed by atoms with Crippen LogP contribution < -0.4 is 0 Å². The summed E-state index contributed by atoms with van der Waals surface area (Å²) in [5.74, 6) is -1.05. The maximum absolute atomic E-state index is 12.7. The van der Waals surface area contributed by atoms with Gasteiger partial charge in [-0.05, 0) is 96.3 Å². The minimum absolute atomic E-state index is 0.120. The Morgan fingerprint density at radius 1 is 0.367 bits per heavy atom. The molecule has 6 heteroatoms. The van der Waals surface area contributed by atoms with Crippen LogP contribution in [0.5, 0.6) is 0 Å². The third-order valence-corrected chi connectivity index (χ3v) is 9.26. The molecule has 0 saturated carbocycles. The van der Waals surface area contributed by atoms with E-state index in [1.54, 1.807) is 0 Å². The summed E-state index contributed by atoms with van der Waals surface area (Å²) in [6.45, 7) is 6.22. The molecule has 0 fully saturated rings. The minimum Gasteiger partial charge on any atom is -0.462 e. The molecule has 336 valence electrons. The topological polar surface area (TPSA) is 78.9 Å². The predicted molar refractivity (Wildman–Crippen MR) is 256 cm³/mol. The summed E-state index contributed by atoms with van der Waals surface area (Å²) in [6, 6.07) is 0. The summed E-state index contributed by atoms with van der Waals surface area (Å²) in [6.07, 6.45) is 64.8. The van der Waals surface area contributed by atoms with Crippen LogP contribution in [0.25, 0.3) is 0 Å². The lowest BCUT2D eigenvalue weighted by atomic mass is 10.1. The lowest BCUT2D eigenvalue weighted by molar-refractivity contribution is -0.166. The number of hydrogen-bond acceptors (Lipinski definition) is 6. The van der Waals surface area contributed by atoms with Crippen LogP contribution in [-0.2, 0) is 28.6 Å². The fourth-order valence-corrected chi connectivity index (χ4v) is 5.74. The van der Waals surface area contributed by atoms with E-state index in [4.69, 9.17) is 14.2 Å². The highest BCUT2D eigenvalue weighted by Gasteiger charge is 2.19. The van der Waals surface area contributed by atoms with Gasteiger partial charge >= 0.3 is 17.9 Å². The first-order chi connectivity index (χ1) is 29.5. The van der Waals surface area contributed by atoms with E-state index in [0.29, 0.717) is 12.8 Å². The minimum atomic E-state index is -0.825. The fourth-order valence-electron chi connectivity index (χ4n) is 5.74. The molecule has 0 aliphatic carbocycles. The Morgan fingerprint density at radius 3 is 1.30 bits per heavy atom. The summed E-state index contributed by atoms with van der Waals surface area (Å²) < 4.78 is 16.6. The molecule has 0 rings (SSSR count). The molecule has 0 amide bonds. The third-order valence-electron chi connectivity index (χ3n) is 9.26. The van der Waals surface area contributed by atoms with Crippen molar-refractivity contribution in [1.29, 1.82) is 0 Å².